The molecule has 1 aliphatic rings. The number of aromatic hydroxyl groups is 1. The van der Waals surface area contributed by atoms with Crippen LogP contribution in [0.3, 0.4) is 0 Å². The van der Waals surface area contributed by atoms with Crippen molar-refractivity contribution in [2.45, 2.75) is 19.5 Å². The second kappa shape index (κ2) is 5.43. The van der Waals surface area contributed by atoms with Crippen molar-refractivity contribution in [1.29, 1.82) is 0 Å². The van der Waals surface area contributed by atoms with E-state index in [9.17, 15) is 5.11 Å². The SMILES string of the molecule is CC(NCc1cccc2c1OCO2)c1ccc(O)cc1. The predicted molar refractivity (Wildman–Crippen MR) is 75.9 cm³/mol. The van der Waals surface area contributed by atoms with E-state index >= 15 is 0 Å². The van der Waals surface area contributed by atoms with Gasteiger partial charge in [0.1, 0.15) is 5.75 Å². The lowest BCUT2D eigenvalue weighted by Crippen LogP contribution is -2.18. The summed E-state index contributed by atoms with van der Waals surface area (Å²) < 4.78 is 10.9. The van der Waals surface area contributed by atoms with Crippen LogP contribution in [0.25, 0.3) is 0 Å². The highest BCUT2D eigenvalue weighted by Gasteiger charge is 2.17. The van der Waals surface area contributed by atoms with Crippen LogP contribution in [-0.4, -0.2) is 11.9 Å². The monoisotopic (exact) mass is 271 g/mol. The lowest BCUT2D eigenvalue weighted by molar-refractivity contribution is 0.173. The first-order chi connectivity index (χ1) is 9.74. The minimum absolute atomic E-state index is 0.189. The van der Waals surface area contributed by atoms with Gasteiger partial charge in [-0.3, -0.25) is 0 Å². The molecule has 0 aromatic heterocycles. The molecule has 1 unspecified atom stereocenters. The van der Waals surface area contributed by atoms with Gasteiger partial charge in [-0.05, 0) is 30.7 Å². The number of rotatable bonds is 4. The molecule has 104 valence electrons. The summed E-state index contributed by atoms with van der Waals surface area (Å²) in [5.74, 6) is 1.92. The number of phenols is 1. The van der Waals surface area contributed by atoms with Crippen LogP contribution < -0.4 is 14.8 Å². The largest absolute Gasteiger partial charge is 0.508 e. The molecule has 2 aromatic carbocycles. The van der Waals surface area contributed by atoms with Crippen molar-refractivity contribution in [3.05, 3.63) is 53.6 Å². The van der Waals surface area contributed by atoms with Crippen LogP contribution in [-0.2, 0) is 6.54 Å². The van der Waals surface area contributed by atoms with Crippen LogP contribution in [0.5, 0.6) is 17.2 Å². The maximum atomic E-state index is 9.30. The Morgan fingerprint density at radius 1 is 1.15 bits per heavy atom. The van der Waals surface area contributed by atoms with Crippen molar-refractivity contribution < 1.29 is 14.6 Å². The van der Waals surface area contributed by atoms with E-state index in [4.69, 9.17) is 9.47 Å². The second-order valence-corrected chi connectivity index (χ2v) is 4.85. The average Bonchev–Trinajstić information content (AvgIpc) is 2.94. The summed E-state index contributed by atoms with van der Waals surface area (Å²) in [5, 5.41) is 12.7. The van der Waals surface area contributed by atoms with Crippen LogP contribution in [0.1, 0.15) is 24.1 Å². The summed E-state index contributed by atoms with van der Waals surface area (Å²) in [5.41, 5.74) is 2.22. The molecule has 1 aliphatic heterocycles. The minimum atomic E-state index is 0.189. The molecule has 1 atom stereocenters. The van der Waals surface area contributed by atoms with E-state index in [0.717, 1.165) is 22.6 Å². The van der Waals surface area contributed by atoms with Crippen molar-refractivity contribution in [3.8, 4) is 17.2 Å². The first-order valence-corrected chi connectivity index (χ1v) is 6.64. The Morgan fingerprint density at radius 3 is 2.75 bits per heavy atom. The van der Waals surface area contributed by atoms with Gasteiger partial charge in [0, 0.05) is 18.2 Å². The third-order valence-corrected chi connectivity index (χ3v) is 3.47. The maximum Gasteiger partial charge on any atom is 0.231 e. The van der Waals surface area contributed by atoms with Crippen LogP contribution in [0, 0.1) is 0 Å². The average molecular weight is 271 g/mol. The van der Waals surface area contributed by atoms with Crippen molar-refractivity contribution in [2.24, 2.45) is 0 Å². The molecule has 1 heterocycles. The predicted octanol–water partition coefficient (Wildman–Crippen LogP) is 2.97. The normalized spacial score (nSPS) is 14.2. The van der Waals surface area contributed by atoms with E-state index < -0.39 is 0 Å². The number of ether oxygens (including phenoxy) is 2. The van der Waals surface area contributed by atoms with E-state index in [2.05, 4.69) is 12.2 Å². The number of phenolic OH excluding ortho intramolecular Hbond substituents is 1. The quantitative estimate of drug-likeness (QED) is 0.897. The highest BCUT2D eigenvalue weighted by Crippen LogP contribution is 2.35. The number of nitrogens with one attached hydrogen (secondary N) is 1. The topological polar surface area (TPSA) is 50.7 Å². The minimum Gasteiger partial charge on any atom is -0.508 e. The molecular weight excluding hydrogens is 254 g/mol. The molecule has 2 aromatic rings. The van der Waals surface area contributed by atoms with E-state index in [-0.39, 0.29) is 11.8 Å². The molecular formula is C16H17NO3. The zero-order valence-corrected chi connectivity index (χ0v) is 11.3. The van der Waals surface area contributed by atoms with Gasteiger partial charge in [-0.1, -0.05) is 24.3 Å². The van der Waals surface area contributed by atoms with E-state index in [1.165, 1.54) is 0 Å². The van der Waals surface area contributed by atoms with E-state index in [1.807, 2.05) is 30.3 Å². The lowest BCUT2D eigenvalue weighted by Gasteiger charge is -2.15. The Morgan fingerprint density at radius 2 is 1.95 bits per heavy atom. The highest BCUT2D eigenvalue weighted by atomic mass is 16.7. The number of benzene rings is 2. The highest BCUT2D eigenvalue weighted by molar-refractivity contribution is 5.48. The molecule has 20 heavy (non-hydrogen) atoms. The Labute approximate surface area is 118 Å². The van der Waals surface area contributed by atoms with Gasteiger partial charge in [-0.25, -0.2) is 0 Å². The third-order valence-electron chi connectivity index (χ3n) is 3.47. The maximum absolute atomic E-state index is 9.30. The van der Waals surface area contributed by atoms with Crippen molar-refractivity contribution >= 4 is 0 Å². The second-order valence-electron chi connectivity index (χ2n) is 4.85. The Balaban J connectivity index is 1.68. The zero-order chi connectivity index (χ0) is 13.9. The van der Waals surface area contributed by atoms with Crippen LogP contribution in [0.4, 0.5) is 0 Å². The van der Waals surface area contributed by atoms with Crippen molar-refractivity contribution in [2.75, 3.05) is 6.79 Å². The van der Waals surface area contributed by atoms with E-state index in [0.29, 0.717) is 13.3 Å². The summed E-state index contributed by atoms with van der Waals surface area (Å²) in [6.45, 7) is 3.08. The summed E-state index contributed by atoms with van der Waals surface area (Å²) in [6, 6.07) is 13.3. The third kappa shape index (κ3) is 2.56. The van der Waals surface area contributed by atoms with Gasteiger partial charge in [0.25, 0.3) is 0 Å². The first-order valence-electron chi connectivity index (χ1n) is 6.64. The molecule has 0 saturated heterocycles. The van der Waals surface area contributed by atoms with Gasteiger partial charge in [-0.2, -0.15) is 0 Å². The Kier molecular flexibility index (Phi) is 3.48. The van der Waals surface area contributed by atoms with Gasteiger partial charge in [0.2, 0.25) is 6.79 Å². The van der Waals surface area contributed by atoms with Gasteiger partial charge in [0.05, 0.1) is 0 Å². The van der Waals surface area contributed by atoms with Crippen LogP contribution in [0.15, 0.2) is 42.5 Å². The standard InChI is InChI=1S/C16H17NO3/c1-11(12-5-7-14(18)8-6-12)17-9-13-3-2-4-15-16(13)20-10-19-15/h2-8,11,17-18H,9-10H2,1H3. The summed E-state index contributed by atoms with van der Waals surface area (Å²) in [4.78, 5) is 0. The fraction of sp³-hybridized carbons (Fsp3) is 0.250. The van der Waals surface area contributed by atoms with Crippen LogP contribution >= 0.6 is 0 Å². The number of hydrogen-bond acceptors (Lipinski definition) is 4. The molecule has 0 fully saturated rings. The number of hydrogen-bond donors (Lipinski definition) is 2. The summed E-state index contributed by atoms with van der Waals surface area (Å²) in [7, 11) is 0. The molecule has 4 nitrogen and oxygen atoms in total. The fourth-order valence-electron chi connectivity index (χ4n) is 2.27. The van der Waals surface area contributed by atoms with Crippen molar-refractivity contribution in [3.63, 3.8) is 0 Å². The molecule has 0 saturated carbocycles. The van der Waals surface area contributed by atoms with Crippen LogP contribution in [0.2, 0.25) is 0 Å². The molecule has 2 N–H and O–H groups in total. The lowest BCUT2D eigenvalue weighted by atomic mass is 10.1. The molecule has 0 aliphatic carbocycles. The smallest absolute Gasteiger partial charge is 0.231 e. The van der Waals surface area contributed by atoms with Gasteiger partial charge >= 0.3 is 0 Å². The van der Waals surface area contributed by atoms with E-state index in [1.54, 1.807) is 12.1 Å². The Hall–Kier alpha value is -2.20. The molecule has 0 spiro atoms. The summed E-state index contributed by atoms with van der Waals surface area (Å²) in [6.07, 6.45) is 0. The fourth-order valence-corrected chi connectivity index (χ4v) is 2.27. The first kappa shape index (κ1) is 12.8. The van der Waals surface area contributed by atoms with Crippen molar-refractivity contribution in [1.82, 2.24) is 5.32 Å². The van der Waals surface area contributed by atoms with Gasteiger partial charge < -0.3 is 19.9 Å². The molecule has 3 rings (SSSR count). The summed E-state index contributed by atoms with van der Waals surface area (Å²) >= 11 is 0. The molecule has 0 bridgehead atoms. The molecule has 0 radical (unpaired) electrons. The Bertz CT molecular complexity index is 595. The van der Waals surface area contributed by atoms with Gasteiger partial charge in [0.15, 0.2) is 11.5 Å². The molecule has 0 amide bonds. The number of para-hydroxylation sites is 1. The van der Waals surface area contributed by atoms with Gasteiger partial charge in [-0.15, -0.1) is 0 Å². The zero-order valence-electron chi connectivity index (χ0n) is 11.3. The molecule has 4 heteroatoms. The number of fused-ring (bicyclic) bond motifs is 1.